The van der Waals surface area contributed by atoms with Gasteiger partial charge in [-0.1, -0.05) is 24.3 Å². The van der Waals surface area contributed by atoms with Gasteiger partial charge in [-0.2, -0.15) is 33.4 Å². The quantitative estimate of drug-likeness (QED) is 0.234. The zero-order valence-electron chi connectivity index (χ0n) is 17.2. The van der Waals surface area contributed by atoms with E-state index in [0.717, 1.165) is 6.07 Å². The molecular weight excluding hydrogens is 457 g/mol. The second kappa shape index (κ2) is 9.99. The fourth-order valence-corrected chi connectivity index (χ4v) is 3.95. The molecule has 172 valence electrons. The maximum absolute atomic E-state index is 12.5. The predicted molar refractivity (Wildman–Crippen MR) is 113 cm³/mol. The molecule has 1 aliphatic heterocycles. The Morgan fingerprint density at radius 1 is 0.935 bits per heavy atom. The summed E-state index contributed by atoms with van der Waals surface area (Å²) in [5.74, 6) is 2.26. The fourth-order valence-electron chi connectivity index (χ4n) is 2.45. The first kappa shape index (κ1) is 25.1. The van der Waals surface area contributed by atoms with Crippen molar-refractivity contribution in [3.63, 3.8) is 0 Å². The predicted octanol–water partition coefficient (Wildman–Crippen LogP) is 5.90. The van der Waals surface area contributed by atoms with Crippen molar-refractivity contribution in [1.29, 1.82) is 0 Å². The van der Waals surface area contributed by atoms with E-state index in [4.69, 9.17) is 9.47 Å². The van der Waals surface area contributed by atoms with Crippen molar-refractivity contribution >= 4 is 38.8 Å². The highest BCUT2D eigenvalue weighted by Gasteiger charge is 2.48. The van der Waals surface area contributed by atoms with Gasteiger partial charge in [-0.15, -0.1) is 0 Å². The van der Waals surface area contributed by atoms with E-state index in [1.807, 2.05) is 0 Å². The van der Waals surface area contributed by atoms with Gasteiger partial charge in [-0.25, -0.2) is 4.79 Å². The molecule has 0 bridgehead atoms. The summed E-state index contributed by atoms with van der Waals surface area (Å²) in [6, 6.07) is 7.85. The summed E-state index contributed by atoms with van der Waals surface area (Å²) < 4.78 is 74.3. The molecule has 2 aromatic carbocycles. The fraction of sp³-hybridized carbons (Fsp3) is 0.450. The second-order valence-corrected chi connectivity index (χ2v) is 10.2. The molecule has 0 N–H and O–H groups in total. The lowest BCUT2D eigenvalue weighted by molar-refractivity contribution is -0.0499. The molecule has 0 aliphatic carbocycles. The average Bonchev–Trinajstić information content (AvgIpc) is 3.19. The molecular formula is C20H23F3O6S2. The third kappa shape index (κ3) is 7.49. The lowest BCUT2D eigenvalue weighted by Gasteiger charge is -2.19. The van der Waals surface area contributed by atoms with E-state index in [2.05, 4.69) is 15.9 Å². The molecule has 0 atom stereocenters. The summed E-state index contributed by atoms with van der Waals surface area (Å²) >= 11 is 2.07. The van der Waals surface area contributed by atoms with E-state index in [1.54, 1.807) is 20.8 Å². The van der Waals surface area contributed by atoms with E-state index in [1.165, 1.54) is 54.7 Å². The molecule has 1 heterocycles. The number of hydrogen-bond acceptors (Lipinski definition) is 7. The van der Waals surface area contributed by atoms with Gasteiger partial charge in [0.25, 0.3) is 0 Å². The Morgan fingerprint density at radius 3 is 1.90 bits per heavy atom. The second-order valence-electron chi connectivity index (χ2n) is 7.48. The summed E-state index contributed by atoms with van der Waals surface area (Å²) in [6.07, 6.45) is 1.91. The molecule has 1 saturated heterocycles. The zero-order chi connectivity index (χ0) is 23.3. The number of hydrogen-bond donors (Lipinski definition) is 0. The minimum absolute atomic E-state index is 0.0152. The average molecular weight is 481 g/mol. The normalized spacial score (nSPS) is 14.5. The van der Waals surface area contributed by atoms with Crippen LogP contribution in [-0.4, -0.2) is 37.2 Å². The van der Waals surface area contributed by atoms with Crippen molar-refractivity contribution in [2.24, 2.45) is 0 Å². The highest BCUT2D eigenvalue weighted by atomic mass is 32.2. The van der Waals surface area contributed by atoms with Gasteiger partial charge in [0.2, 0.25) is 0 Å². The summed E-state index contributed by atoms with van der Waals surface area (Å²) in [6.45, 7) is 4.89. The topological polar surface area (TPSA) is 78.9 Å². The number of alkyl halides is 3. The summed E-state index contributed by atoms with van der Waals surface area (Å²) in [5, 5.41) is 0.189. The molecule has 31 heavy (non-hydrogen) atoms. The molecule has 11 heteroatoms. The Morgan fingerprint density at radius 2 is 1.45 bits per heavy atom. The molecule has 0 radical (unpaired) electrons. The third-order valence-electron chi connectivity index (χ3n) is 3.74. The van der Waals surface area contributed by atoms with E-state index >= 15 is 0 Å². The molecule has 2 aromatic rings. The van der Waals surface area contributed by atoms with Crippen LogP contribution in [0.1, 0.15) is 33.6 Å². The van der Waals surface area contributed by atoms with Crippen LogP contribution in [0, 0.1) is 0 Å². The number of halogens is 3. The standard InChI is InChI=1S/C16H15F3O6S.C4H8S/c1-15(2,3)24-14(20)23-12-8-4-7-11-10(12)6-5-9-13(11)25-26(21,22)16(17,18)19;1-2-4-5-3-1/h4-9H,1-3H3;1-4H2. The first-order valence-electron chi connectivity index (χ1n) is 9.31. The summed E-state index contributed by atoms with van der Waals surface area (Å²) in [5.41, 5.74) is -6.38. The smallest absolute Gasteiger partial charge is 0.428 e. The van der Waals surface area contributed by atoms with Crippen LogP contribution in [0.15, 0.2) is 36.4 Å². The molecule has 1 aliphatic rings. The SMILES string of the molecule is C1CCSC1.CC(C)(C)OC(=O)Oc1cccc2c(OS(=O)(=O)C(F)(F)F)cccc12. The number of carbonyl (C=O) groups excluding carboxylic acids is 1. The van der Waals surface area contributed by atoms with Crippen LogP contribution in [-0.2, 0) is 14.9 Å². The van der Waals surface area contributed by atoms with Crippen LogP contribution in [0.5, 0.6) is 11.5 Å². The van der Waals surface area contributed by atoms with Crippen molar-refractivity contribution in [3.8, 4) is 11.5 Å². The third-order valence-corrected chi connectivity index (χ3v) is 5.86. The van der Waals surface area contributed by atoms with E-state index in [9.17, 15) is 26.4 Å². The van der Waals surface area contributed by atoms with Gasteiger partial charge in [-0.3, -0.25) is 0 Å². The Balaban J connectivity index is 0.000000597. The summed E-state index contributed by atoms with van der Waals surface area (Å²) in [4.78, 5) is 11.8. The number of fused-ring (bicyclic) bond motifs is 1. The molecule has 1 fully saturated rings. The van der Waals surface area contributed by atoms with Gasteiger partial charge in [-0.05, 0) is 57.3 Å². The lowest BCUT2D eigenvalue weighted by Crippen LogP contribution is -2.28. The van der Waals surface area contributed by atoms with Crippen molar-refractivity contribution in [2.75, 3.05) is 11.5 Å². The van der Waals surface area contributed by atoms with E-state index in [-0.39, 0.29) is 16.5 Å². The number of ether oxygens (including phenoxy) is 2. The first-order chi connectivity index (χ1) is 14.3. The van der Waals surface area contributed by atoms with Gasteiger partial charge in [0.05, 0.1) is 0 Å². The van der Waals surface area contributed by atoms with Crippen LogP contribution >= 0.6 is 11.8 Å². The van der Waals surface area contributed by atoms with Gasteiger partial charge in [0.1, 0.15) is 11.4 Å². The van der Waals surface area contributed by atoms with Crippen LogP contribution in [0.3, 0.4) is 0 Å². The van der Waals surface area contributed by atoms with Crippen LogP contribution in [0.2, 0.25) is 0 Å². The van der Waals surface area contributed by atoms with Crippen molar-refractivity contribution < 1.29 is 40.0 Å². The van der Waals surface area contributed by atoms with Crippen LogP contribution < -0.4 is 8.92 Å². The zero-order valence-corrected chi connectivity index (χ0v) is 18.8. The monoisotopic (exact) mass is 480 g/mol. The molecule has 6 nitrogen and oxygen atoms in total. The summed E-state index contributed by atoms with van der Waals surface area (Å²) in [7, 11) is -5.83. The maximum atomic E-state index is 12.5. The van der Waals surface area contributed by atoms with E-state index < -0.39 is 33.1 Å². The van der Waals surface area contributed by atoms with Gasteiger partial charge in [0, 0.05) is 10.8 Å². The van der Waals surface area contributed by atoms with Gasteiger partial charge < -0.3 is 13.7 Å². The van der Waals surface area contributed by atoms with Gasteiger partial charge >= 0.3 is 21.8 Å². The van der Waals surface area contributed by atoms with Crippen molar-refractivity contribution in [3.05, 3.63) is 36.4 Å². The molecule has 0 aromatic heterocycles. The highest BCUT2D eigenvalue weighted by molar-refractivity contribution is 7.99. The van der Waals surface area contributed by atoms with Crippen LogP contribution in [0.4, 0.5) is 18.0 Å². The number of benzene rings is 2. The Kier molecular flexibility index (Phi) is 8.09. The number of thioether (sulfide) groups is 1. The number of rotatable bonds is 3. The molecule has 0 unspecified atom stereocenters. The highest BCUT2D eigenvalue weighted by Crippen LogP contribution is 2.35. The molecule has 0 saturated carbocycles. The van der Waals surface area contributed by atoms with Crippen molar-refractivity contribution in [1.82, 2.24) is 0 Å². The lowest BCUT2D eigenvalue weighted by atomic mass is 10.1. The molecule has 3 rings (SSSR count). The van der Waals surface area contributed by atoms with E-state index in [0.29, 0.717) is 0 Å². The number of carbonyl (C=O) groups is 1. The van der Waals surface area contributed by atoms with Crippen molar-refractivity contribution in [2.45, 2.75) is 44.7 Å². The molecule has 0 amide bonds. The minimum Gasteiger partial charge on any atom is -0.428 e. The van der Waals surface area contributed by atoms with Crippen LogP contribution in [0.25, 0.3) is 10.8 Å². The minimum atomic E-state index is -5.83. The van der Waals surface area contributed by atoms with Gasteiger partial charge in [0.15, 0.2) is 5.75 Å². The first-order valence-corrected chi connectivity index (χ1v) is 11.9. The molecule has 0 spiro atoms. The Bertz CT molecular complexity index is 1000. The largest absolute Gasteiger partial charge is 0.534 e. The Labute approximate surface area is 183 Å². The maximum Gasteiger partial charge on any atom is 0.534 e. The Hall–Kier alpha value is -2.14.